The number of aliphatic imine (C=N–C) groups is 1. The van der Waals surface area contributed by atoms with Crippen molar-refractivity contribution in [1.29, 1.82) is 0 Å². The number of guanidine groups is 1. The minimum absolute atomic E-state index is 0. The number of pyridine rings is 1. The van der Waals surface area contributed by atoms with Crippen LogP contribution >= 0.6 is 24.0 Å². The molecule has 0 aliphatic heterocycles. The van der Waals surface area contributed by atoms with Crippen molar-refractivity contribution in [3.8, 4) is 0 Å². The summed E-state index contributed by atoms with van der Waals surface area (Å²) in [5, 5.41) is 4.22. The fraction of sp³-hybridized carbons (Fsp3) is 0.375. The standard InChI is InChI=1S/C16H23N5.HI/c1-11(2)19-16(17)18-10-12-9-15(21(3)4)20-14-8-6-5-7-13(12)14;/h5-9,11H,10H2,1-4H3,(H3,17,18,19);1H. The number of fused-ring (bicyclic) bond motifs is 1. The monoisotopic (exact) mass is 413 g/mol. The Morgan fingerprint density at radius 3 is 2.64 bits per heavy atom. The van der Waals surface area contributed by atoms with E-state index in [-0.39, 0.29) is 30.0 Å². The Morgan fingerprint density at radius 1 is 1.32 bits per heavy atom. The molecule has 0 fully saturated rings. The first-order chi connectivity index (χ1) is 9.97. The van der Waals surface area contributed by atoms with Crippen LogP contribution in [0.2, 0.25) is 0 Å². The molecule has 0 spiro atoms. The fourth-order valence-corrected chi connectivity index (χ4v) is 2.10. The van der Waals surface area contributed by atoms with Crippen LogP contribution in [-0.4, -0.2) is 31.1 Å². The summed E-state index contributed by atoms with van der Waals surface area (Å²) in [4.78, 5) is 11.1. The number of nitrogens with two attached hydrogens (primary N) is 1. The summed E-state index contributed by atoms with van der Waals surface area (Å²) in [5.41, 5.74) is 7.98. The lowest BCUT2D eigenvalue weighted by Gasteiger charge is -2.15. The highest BCUT2D eigenvalue weighted by atomic mass is 127. The van der Waals surface area contributed by atoms with Crippen molar-refractivity contribution in [3.05, 3.63) is 35.9 Å². The maximum atomic E-state index is 5.88. The predicted molar refractivity (Wildman–Crippen MR) is 105 cm³/mol. The second kappa shape index (κ2) is 8.17. The normalized spacial score (nSPS) is 11.4. The SMILES string of the molecule is CC(C)NC(N)=NCc1cc(N(C)C)nc2ccccc12.I. The van der Waals surface area contributed by atoms with Gasteiger partial charge in [0.2, 0.25) is 0 Å². The Hall–Kier alpha value is -1.57. The largest absolute Gasteiger partial charge is 0.370 e. The van der Waals surface area contributed by atoms with E-state index in [4.69, 9.17) is 5.73 Å². The van der Waals surface area contributed by atoms with Crippen molar-refractivity contribution >= 4 is 46.7 Å². The average Bonchev–Trinajstić information content (AvgIpc) is 2.43. The lowest BCUT2D eigenvalue weighted by molar-refractivity contribution is 0.723. The molecule has 0 aliphatic carbocycles. The third-order valence-electron chi connectivity index (χ3n) is 3.10. The molecule has 1 heterocycles. The van der Waals surface area contributed by atoms with Crippen LogP contribution in [0.4, 0.5) is 5.82 Å². The molecule has 0 saturated heterocycles. The third-order valence-corrected chi connectivity index (χ3v) is 3.10. The van der Waals surface area contributed by atoms with E-state index in [1.807, 2.05) is 51.0 Å². The number of hydrogen-bond acceptors (Lipinski definition) is 3. The summed E-state index contributed by atoms with van der Waals surface area (Å²) < 4.78 is 0. The van der Waals surface area contributed by atoms with Crippen LogP contribution < -0.4 is 16.0 Å². The van der Waals surface area contributed by atoms with Gasteiger partial charge in [-0.3, -0.25) is 0 Å². The molecule has 0 radical (unpaired) electrons. The molecule has 0 aliphatic rings. The van der Waals surface area contributed by atoms with Gasteiger partial charge in [-0.2, -0.15) is 0 Å². The molecule has 3 N–H and O–H groups in total. The van der Waals surface area contributed by atoms with Crippen LogP contribution in [0.3, 0.4) is 0 Å². The molecule has 120 valence electrons. The van der Waals surface area contributed by atoms with E-state index >= 15 is 0 Å². The number of nitrogens with zero attached hydrogens (tertiary/aromatic N) is 3. The predicted octanol–water partition coefficient (Wildman–Crippen LogP) is 2.73. The van der Waals surface area contributed by atoms with E-state index in [1.54, 1.807) is 0 Å². The molecule has 0 saturated carbocycles. The lowest BCUT2D eigenvalue weighted by atomic mass is 10.1. The molecule has 2 rings (SSSR count). The number of benzene rings is 1. The van der Waals surface area contributed by atoms with Crippen LogP contribution in [0.15, 0.2) is 35.3 Å². The molecular formula is C16H24IN5. The van der Waals surface area contributed by atoms with Crippen LogP contribution in [0.5, 0.6) is 0 Å². The zero-order chi connectivity index (χ0) is 15.4. The molecule has 2 aromatic rings. The summed E-state index contributed by atoms with van der Waals surface area (Å²) >= 11 is 0. The van der Waals surface area contributed by atoms with Crippen LogP contribution in [0, 0.1) is 0 Å². The number of para-hydroxylation sites is 1. The van der Waals surface area contributed by atoms with Crippen LogP contribution in [0.1, 0.15) is 19.4 Å². The topological polar surface area (TPSA) is 66.5 Å². The Kier molecular flexibility index (Phi) is 6.86. The number of aromatic nitrogens is 1. The van der Waals surface area contributed by atoms with Gasteiger partial charge in [0.15, 0.2) is 5.96 Å². The van der Waals surface area contributed by atoms with Gasteiger partial charge in [-0.05, 0) is 31.5 Å². The molecule has 0 bridgehead atoms. The van der Waals surface area contributed by atoms with Crippen LogP contribution in [-0.2, 0) is 6.54 Å². The van der Waals surface area contributed by atoms with Crippen molar-refractivity contribution in [2.75, 3.05) is 19.0 Å². The van der Waals surface area contributed by atoms with E-state index < -0.39 is 0 Å². The maximum Gasteiger partial charge on any atom is 0.189 e. The Bertz CT molecular complexity index is 652. The fourth-order valence-electron chi connectivity index (χ4n) is 2.10. The van der Waals surface area contributed by atoms with Gasteiger partial charge in [0.05, 0.1) is 12.1 Å². The first-order valence-electron chi connectivity index (χ1n) is 7.10. The van der Waals surface area contributed by atoms with Crippen molar-refractivity contribution in [3.63, 3.8) is 0 Å². The van der Waals surface area contributed by atoms with Crippen molar-refractivity contribution in [1.82, 2.24) is 10.3 Å². The van der Waals surface area contributed by atoms with Gasteiger partial charge in [0.1, 0.15) is 5.82 Å². The molecule has 5 nitrogen and oxygen atoms in total. The summed E-state index contributed by atoms with van der Waals surface area (Å²) in [7, 11) is 3.97. The summed E-state index contributed by atoms with van der Waals surface area (Å²) in [5.74, 6) is 1.39. The lowest BCUT2D eigenvalue weighted by Crippen LogP contribution is -2.36. The van der Waals surface area contributed by atoms with Gasteiger partial charge >= 0.3 is 0 Å². The molecule has 0 amide bonds. The summed E-state index contributed by atoms with van der Waals surface area (Å²) in [6, 6.07) is 10.4. The zero-order valence-electron chi connectivity index (χ0n) is 13.5. The smallest absolute Gasteiger partial charge is 0.189 e. The Balaban J connectivity index is 0.00000242. The van der Waals surface area contributed by atoms with Gasteiger partial charge in [-0.1, -0.05) is 18.2 Å². The zero-order valence-corrected chi connectivity index (χ0v) is 15.8. The van der Waals surface area contributed by atoms with E-state index in [2.05, 4.69) is 27.4 Å². The average molecular weight is 413 g/mol. The molecule has 0 unspecified atom stereocenters. The van der Waals surface area contributed by atoms with Crippen molar-refractivity contribution in [2.24, 2.45) is 10.7 Å². The number of nitrogens with one attached hydrogen (secondary N) is 1. The van der Waals surface area contributed by atoms with Crippen molar-refractivity contribution in [2.45, 2.75) is 26.4 Å². The Morgan fingerprint density at radius 2 is 2.00 bits per heavy atom. The highest BCUT2D eigenvalue weighted by Gasteiger charge is 2.07. The highest BCUT2D eigenvalue weighted by Crippen LogP contribution is 2.22. The third kappa shape index (κ3) is 4.72. The van der Waals surface area contributed by atoms with E-state index in [0.717, 1.165) is 22.3 Å². The minimum Gasteiger partial charge on any atom is -0.370 e. The van der Waals surface area contributed by atoms with Gasteiger partial charge in [0.25, 0.3) is 0 Å². The van der Waals surface area contributed by atoms with Gasteiger partial charge in [0, 0.05) is 25.5 Å². The molecule has 6 heteroatoms. The second-order valence-electron chi connectivity index (χ2n) is 5.55. The van der Waals surface area contributed by atoms with Gasteiger partial charge < -0.3 is 16.0 Å². The highest BCUT2D eigenvalue weighted by molar-refractivity contribution is 14.0. The van der Waals surface area contributed by atoms with Crippen molar-refractivity contribution < 1.29 is 0 Å². The van der Waals surface area contributed by atoms with Crippen LogP contribution in [0.25, 0.3) is 10.9 Å². The van der Waals surface area contributed by atoms with Gasteiger partial charge in [-0.15, -0.1) is 24.0 Å². The second-order valence-corrected chi connectivity index (χ2v) is 5.55. The molecule has 0 atom stereocenters. The van der Waals surface area contributed by atoms with E-state index in [1.165, 1.54) is 0 Å². The van der Waals surface area contributed by atoms with Gasteiger partial charge in [-0.25, -0.2) is 9.98 Å². The number of anilines is 1. The first-order valence-corrected chi connectivity index (χ1v) is 7.10. The molecular weight excluding hydrogens is 389 g/mol. The molecule has 22 heavy (non-hydrogen) atoms. The van der Waals surface area contributed by atoms with E-state index in [0.29, 0.717) is 12.5 Å². The quantitative estimate of drug-likeness (QED) is 0.460. The maximum absolute atomic E-state index is 5.88. The number of hydrogen-bond donors (Lipinski definition) is 2. The first kappa shape index (κ1) is 18.5. The Labute approximate surface area is 149 Å². The number of halogens is 1. The van der Waals surface area contributed by atoms with E-state index in [9.17, 15) is 0 Å². The number of rotatable bonds is 4. The summed E-state index contributed by atoms with van der Waals surface area (Å²) in [6.45, 7) is 4.61. The molecule has 1 aromatic carbocycles. The summed E-state index contributed by atoms with van der Waals surface area (Å²) in [6.07, 6.45) is 0. The minimum atomic E-state index is 0. The molecule has 1 aromatic heterocycles.